The van der Waals surface area contributed by atoms with E-state index in [1.807, 2.05) is 6.07 Å². The monoisotopic (exact) mass is 372 g/mol. The minimum atomic E-state index is -0.727. The molecular weight excluding hydrogens is 340 g/mol. The van der Waals surface area contributed by atoms with Crippen molar-refractivity contribution in [1.82, 2.24) is 15.1 Å². The number of urea groups is 1. The summed E-state index contributed by atoms with van der Waals surface area (Å²) in [5.41, 5.74) is 5.89. The summed E-state index contributed by atoms with van der Waals surface area (Å²) >= 11 is 0. The van der Waals surface area contributed by atoms with E-state index in [0.29, 0.717) is 13.1 Å². The van der Waals surface area contributed by atoms with Gasteiger partial charge in [-0.15, -0.1) is 0 Å². The number of carbonyl (C=O) groups excluding carboxylic acids is 2. The van der Waals surface area contributed by atoms with Crippen LogP contribution in [0.25, 0.3) is 0 Å². The number of carbonyl (C=O) groups is 2. The number of hydrogen-bond donors (Lipinski definition) is 2. The highest BCUT2D eigenvalue weighted by atomic mass is 16.2. The highest BCUT2D eigenvalue weighted by molar-refractivity contribution is 5.82. The first-order valence-electron chi connectivity index (χ1n) is 9.70. The second kappa shape index (κ2) is 6.82. The summed E-state index contributed by atoms with van der Waals surface area (Å²) in [5, 5.41) is 3.23. The zero-order valence-corrected chi connectivity index (χ0v) is 16.9. The first-order chi connectivity index (χ1) is 12.6. The highest BCUT2D eigenvalue weighted by Gasteiger charge is 2.50. The third kappa shape index (κ3) is 3.55. The summed E-state index contributed by atoms with van der Waals surface area (Å²) in [6.45, 7) is 4.58. The quantitative estimate of drug-likeness (QED) is 0.832. The average Bonchev–Trinajstić information content (AvgIpc) is 2.91. The molecule has 1 aliphatic carbocycles. The van der Waals surface area contributed by atoms with Gasteiger partial charge < -0.3 is 16.0 Å². The molecule has 0 aromatic heterocycles. The first kappa shape index (κ1) is 19.7. The van der Waals surface area contributed by atoms with Crippen molar-refractivity contribution in [2.45, 2.75) is 50.6 Å². The van der Waals surface area contributed by atoms with Crippen LogP contribution in [0.5, 0.6) is 0 Å². The fraction of sp³-hybridized carbons (Fsp3) is 0.619. The van der Waals surface area contributed by atoms with Crippen molar-refractivity contribution >= 4 is 11.9 Å². The van der Waals surface area contributed by atoms with E-state index >= 15 is 0 Å². The summed E-state index contributed by atoms with van der Waals surface area (Å²) < 4.78 is 0. The third-order valence-electron chi connectivity index (χ3n) is 6.61. The maximum Gasteiger partial charge on any atom is 0.318 e. The molecule has 148 valence electrons. The van der Waals surface area contributed by atoms with Crippen molar-refractivity contribution in [3.63, 3.8) is 0 Å². The molecule has 0 bridgehead atoms. The van der Waals surface area contributed by atoms with Gasteiger partial charge in [-0.1, -0.05) is 30.3 Å². The van der Waals surface area contributed by atoms with Crippen LogP contribution in [0.1, 0.15) is 45.1 Å². The molecule has 2 fully saturated rings. The predicted molar refractivity (Wildman–Crippen MR) is 106 cm³/mol. The van der Waals surface area contributed by atoms with Gasteiger partial charge in [0.25, 0.3) is 0 Å². The number of nitrogens with zero attached hydrogens (tertiary/aromatic N) is 2. The minimum Gasteiger partial charge on any atom is -0.369 e. The molecule has 1 saturated heterocycles. The maximum atomic E-state index is 12.6. The molecule has 1 aromatic rings. The summed E-state index contributed by atoms with van der Waals surface area (Å²) in [5.74, 6) is -0.379. The van der Waals surface area contributed by atoms with Crippen LogP contribution in [0.4, 0.5) is 4.79 Å². The van der Waals surface area contributed by atoms with Crippen LogP contribution in [0, 0.1) is 5.41 Å². The van der Waals surface area contributed by atoms with E-state index in [4.69, 9.17) is 5.73 Å². The van der Waals surface area contributed by atoms with Gasteiger partial charge in [-0.3, -0.25) is 9.69 Å². The van der Waals surface area contributed by atoms with Crippen molar-refractivity contribution in [3.05, 3.63) is 35.9 Å². The van der Waals surface area contributed by atoms with Gasteiger partial charge in [0, 0.05) is 18.6 Å². The van der Waals surface area contributed by atoms with Gasteiger partial charge in [-0.05, 0) is 59.2 Å². The van der Waals surface area contributed by atoms with Crippen molar-refractivity contribution < 1.29 is 9.59 Å². The van der Waals surface area contributed by atoms with Crippen molar-refractivity contribution in [2.24, 2.45) is 11.1 Å². The summed E-state index contributed by atoms with van der Waals surface area (Å²) in [7, 11) is 4.28. The molecule has 0 unspecified atom stereocenters. The molecule has 6 nitrogen and oxygen atoms in total. The molecule has 1 heterocycles. The smallest absolute Gasteiger partial charge is 0.318 e. The first-order valence-corrected chi connectivity index (χ1v) is 9.70. The Balaban J connectivity index is 1.75. The SMILES string of the molecule is CN(C)[C@]1(c2ccccc2)CC[C@]2(CC1)CN(CC(C)(C)C(N)=O)C(=O)N2. The van der Waals surface area contributed by atoms with Crippen LogP contribution < -0.4 is 11.1 Å². The topological polar surface area (TPSA) is 78.7 Å². The van der Waals surface area contributed by atoms with Crippen LogP contribution >= 0.6 is 0 Å². The van der Waals surface area contributed by atoms with E-state index in [1.165, 1.54) is 5.56 Å². The van der Waals surface area contributed by atoms with E-state index in [2.05, 4.69) is 48.6 Å². The lowest BCUT2D eigenvalue weighted by Crippen LogP contribution is -2.54. The van der Waals surface area contributed by atoms with E-state index in [0.717, 1.165) is 25.7 Å². The number of rotatable bonds is 5. The van der Waals surface area contributed by atoms with Gasteiger partial charge in [0.05, 0.1) is 11.0 Å². The van der Waals surface area contributed by atoms with Crippen LogP contribution in [-0.4, -0.2) is 54.5 Å². The van der Waals surface area contributed by atoms with Crippen LogP contribution in [0.2, 0.25) is 0 Å². The molecule has 1 spiro atoms. The fourth-order valence-corrected chi connectivity index (χ4v) is 4.63. The molecule has 6 heteroatoms. The molecule has 0 radical (unpaired) electrons. The minimum absolute atomic E-state index is 0.00282. The van der Waals surface area contributed by atoms with Crippen molar-refractivity contribution in [2.75, 3.05) is 27.2 Å². The number of nitrogens with one attached hydrogen (secondary N) is 1. The summed E-state index contributed by atoms with van der Waals surface area (Å²) in [4.78, 5) is 28.3. The Bertz CT molecular complexity index is 706. The summed E-state index contributed by atoms with van der Waals surface area (Å²) in [6.07, 6.45) is 3.80. The van der Waals surface area contributed by atoms with E-state index in [9.17, 15) is 9.59 Å². The fourth-order valence-electron chi connectivity index (χ4n) is 4.63. The van der Waals surface area contributed by atoms with Gasteiger partial charge >= 0.3 is 6.03 Å². The molecular formula is C21H32N4O2. The molecule has 0 atom stereocenters. The van der Waals surface area contributed by atoms with Gasteiger partial charge in [0.2, 0.25) is 5.91 Å². The molecule has 1 saturated carbocycles. The molecule has 3 N–H and O–H groups in total. The number of hydrogen-bond acceptors (Lipinski definition) is 3. The predicted octanol–water partition coefficient (Wildman–Crippen LogP) is 2.29. The Morgan fingerprint density at radius 3 is 2.30 bits per heavy atom. The molecule has 27 heavy (non-hydrogen) atoms. The Morgan fingerprint density at radius 2 is 1.78 bits per heavy atom. The Morgan fingerprint density at radius 1 is 1.19 bits per heavy atom. The lowest BCUT2D eigenvalue weighted by atomic mass is 9.69. The standard InChI is InChI=1S/C21H32N4O2/c1-19(2,17(22)26)14-25-15-20(23-18(25)27)10-12-21(13-11-20,24(3)4)16-8-6-5-7-9-16/h5-9H,10-15H2,1-4H3,(H2,22,26)(H,23,27)/t20-,21+. The number of benzene rings is 1. The van der Waals surface area contributed by atoms with E-state index in [-0.39, 0.29) is 23.0 Å². The lowest BCUT2D eigenvalue weighted by Gasteiger charge is -2.48. The van der Waals surface area contributed by atoms with Gasteiger partial charge in [-0.25, -0.2) is 4.79 Å². The van der Waals surface area contributed by atoms with Gasteiger partial charge in [0.15, 0.2) is 0 Å². The maximum absolute atomic E-state index is 12.6. The largest absolute Gasteiger partial charge is 0.369 e. The third-order valence-corrected chi connectivity index (χ3v) is 6.61. The second-order valence-electron chi connectivity index (χ2n) is 9.11. The number of nitrogens with two attached hydrogens (primary N) is 1. The second-order valence-corrected chi connectivity index (χ2v) is 9.11. The zero-order valence-electron chi connectivity index (χ0n) is 16.9. The Hall–Kier alpha value is -2.08. The van der Waals surface area contributed by atoms with Crippen LogP contribution in [0.15, 0.2) is 30.3 Å². The van der Waals surface area contributed by atoms with Crippen LogP contribution in [-0.2, 0) is 10.3 Å². The molecule has 3 amide bonds. The Kier molecular flexibility index (Phi) is 4.97. The normalized spacial score (nSPS) is 28.6. The van der Waals surface area contributed by atoms with Crippen LogP contribution in [0.3, 0.4) is 0 Å². The number of primary amides is 1. The number of amides is 3. The van der Waals surface area contributed by atoms with Crippen molar-refractivity contribution in [1.29, 1.82) is 0 Å². The van der Waals surface area contributed by atoms with E-state index < -0.39 is 5.41 Å². The Labute approximate surface area is 162 Å². The van der Waals surface area contributed by atoms with E-state index in [1.54, 1.807) is 18.7 Å². The molecule has 1 aliphatic heterocycles. The zero-order chi connectivity index (χ0) is 19.9. The van der Waals surface area contributed by atoms with Crippen molar-refractivity contribution in [3.8, 4) is 0 Å². The molecule has 1 aromatic carbocycles. The summed E-state index contributed by atoms with van der Waals surface area (Å²) in [6, 6.07) is 10.6. The van der Waals surface area contributed by atoms with Gasteiger partial charge in [0.1, 0.15) is 0 Å². The highest BCUT2D eigenvalue weighted by Crippen LogP contribution is 2.46. The lowest BCUT2D eigenvalue weighted by molar-refractivity contribution is -0.126. The molecule has 2 aliphatic rings. The van der Waals surface area contributed by atoms with Gasteiger partial charge in [-0.2, -0.15) is 0 Å². The average molecular weight is 373 g/mol. The molecule has 3 rings (SSSR count).